The summed E-state index contributed by atoms with van der Waals surface area (Å²) in [7, 11) is 0. The van der Waals surface area contributed by atoms with E-state index < -0.39 is 0 Å². The fourth-order valence-electron chi connectivity index (χ4n) is 2.92. The lowest BCUT2D eigenvalue weighted by Gasteiger charge is -2.30. The summed E-state index contributed by atoms with van der Waals surface area (Å²) in [6.07, 6.45) is 3.16. The van der Waals surface area contributed by atoms with Gasteiger partial charge in [-0.25, -0.2) is 0 Å². The number of morpholine rings is 1. The maximum atomic E-state index is 12.7. The molecule has 1 unspecified atom stereocenters. The zero-order valence-corrected chi connectivity index (χ0v) is 12.9. The van der Waals surface area contributed by atoms with Crippen molar-refractivity contribution in [3.05, 3.63) is 24.2 Å². The molecule has 0 saturated carbocycles. The molecule has 2 aliphatic rings. The lowest BCUT2D eigenvalue weighted by atomic mass is 10.2. The Kier molecular flexibility index (Phi) is 5.48. The van der Waals surface area contributed by atoms with Crippen LogP contribution in [0, 0.1) is 0 Å². The van der Waals surface area contributed by atoms with E-state index in [2.05, 4.69) is 4.90 Å². The highest BCUT2D eigenvalue weighted by molar-refractivity contribution is 5.81. The Morgan fingerprint density at radius 1 is 1.32 bits per heavy atom. The molecule has 1 atom stereocenters. The maximum Gasteiger partial charge on any atom is 0.252 e. The van der Waals surface area contributed by atoms with Gasteiger partial charge in [0, 0.05) is 32.8 Å². The lowest BCUT2D eigenvalue weighted by Crippen LogP contribution is -2.45. The van der Waals surface area contributed by atoms with E-state index >= 15 is 0 Å². The Morgan fingerprint density at radius 3 is 2.86 bits per heavy atom. The molecule has 2 aliphatic heterocycles. The number of rotatable bonds is 6. The van der Waals surface area contributed by atoms with Crippen molar-refractivity contribution in [1.82, 2.24) is 9.80 Å². The fourth-order valence-corrected chi connectivity index (χ4v) is 2.92. The predicted molar refractivity (Wildman–Crippen MR) is 80.4 cm³/mol. The standard InChI is InChI=1S/C16H24N2O4/c19-16(15-4-2-10-22-15)18(13-14-3-1-9-21-14)6-5-17-7-11-20-12-8-17/h1,3,9,15H,2,4-8,10-13H2. The highest BCUT2D eigenvalue weighted by Gasteiger charge is 2.29. The van der Waals surface area contributed by atoms with Crippen molar-refractivity contribution < 1.29 is 18.7 Å². The number of amides is 1. The summed E-state index contributed by atoms with van der Waals surface area (Å²) in [4.78, 5) is 16.9. The summed E-state index contributed by atoms with van der Waals surface area (Å²) >= 11 is 0. The Balaban J connectivity index is 1.58. The molecule has 0 N–H and O–H groups in total. The van der Waals surface area contributed by atoms with Crippen LogP contribution < -0.4 is 0 Å². The molecule has 1 aromatic heterocycles. The van der Waals surface area contributed by atoms with Crippen LogP contribution in [0.25, 0.3) is 0 Å². The number of carbonyl (C=O) groups excluding carboxylic acids is 1. The Labute approximate surface area is 131 Å². The average molecular weight is 308 g/mol. The Morgan fingerprint density at radius 2 is 2.18 bits per heavy atom. The first-order valence-corrected chi connectivity index (χ1v) is 8.06. The van der Waals surface area contributed by atoms with Gasteiger partial charge in [0.2, 0.25) is 0 Å². The number of hydrogen-bond donors (Lipinski definition) is 0. The van der Waals surface area contributed by atoms with Gasteiger partial charge in [-0.1, -0.05) is 0 Å². The van der Waals surface area contributed by atoms with E-state index in [0.717, 1.165) is 51.4 Å². The molecule has 6 nitrogen and oxygen atoms in total. The minimum Gasteiger partial charge on any atom is -0.467 e. The average Bonchev–Trinajstić information content (AvgIpc) is 3.25. The summed E-state index contributed by atoms with van der Waals surface area (Å²) in [6.45, 7) is 6.17. The summed E-state index contributed by atoms with van der Waals surface area (Å²) in [5.74, 6) is 0.899. The normalized spacial score (nSPS) is 22.8. The van der Waals surface area contributed by atoms with Crippen molar-refractivity contribution >= 4 is 5.91 Å². The number of nitrogens with zero attached hydrogens (tertiary/aromatic N) is 2. The van der Waals surface area contributed by atoms with Gasteiger partial charge in [-0.15, -0.1) is 0 Å². The zero-order valence-electron chi connectivity index (χ0n) is 12.9. The first kappa shape index (κ1) is 15.5. The van der Waals surface area contributed by atoms with Gasteiger partial charge in [0.25, 0.3) is 5.91 Å². The van der Waals surface area contributed by atoms with Crippen molar-refractivity contribution in [1.29, 1.82) is 0 Å². The van der Waals surface area contributed by atoms with Crippen LogP contribution in [0.2, 0.25) is 0 Å². The quantitative estimate of drug-likeness (QED) is 0.788. The lowest BCUT2D eigenvalue weighted by molar-refractivity contribution is -0.142. The second-order valence-electron chi connectivity index (χ2n) is 5.79. The van der Waals surface area contributed by atoms with Crippen LogP contribution in [-0.2, 0) is 20.8 Å². The van der Waals surface area contributed by atoms with Crippen LogP contribution in [0.1, 0.15) is 18.6 Å². The maximum absolute atomic E-state index is 12.7. The van der Waals surface area contributed by atoms with Crippen molar-refractivity contribution in [2.24, 2.45) is 0 Å². The fraction of sp³-hybridized carbons (Fsp3) is 0.688. The molecule has 0 bridgehead atoms. The first-order valence-electron chi connectivity index (χ1n) is 8.06. The van der Waals surface area contributed by atoms with Crippen molar-refractivity contribution in [3.8, 4) is 0 Å². The van der Waals surface area contributed by atoms with Gasteiger partial charge in [-0.2, -0.15) is 0 Å². The molecule has 0 aromatic carbocycles. The molecule has 1 amide bonds. The van der Waals surface area contributed by atoms with Crippen LogP contribution >= 0.6 is 0 Å². The van der Waals surface area contributed by atoms with E-state index in [0.29, 0.717) is 19.7 Å². The Hall–Kier alpha value is -1.37. The number of hydrogen-bond acceptors (Lipinski definition) is 5. The summed E-state index contributed by atoms with van der Waals surface area (Å²) in [5, 5.41) is 0. The highest BCUT2D eigenvalue weighted by atomic mass is 16.5. The Bertz CT molecular complexity index is 451. The van der Waals surface area contributed by atoms with Crippen LogP contribution in [0.5, 0.6) is 0 Å². The van der Waals surface area contributed by atoms with Crippen LogP contribution in [0.3, 0.4) is 0 Å². The van der Waals surface area contributed by atoms with E-state index in [1.165, 1.54) is 0 Å². The topological polar surface area (TPSA) is 55.2 Å². The van der Waals surface area contributed by atoms with Gasteiger partial charge < -0.3 is 18.8 Å². The summed E-state index contributed by atoms with van der Waals surface area (Å²) < 4.78 is 16.3. The van der Waals surface area contributed by atoms with Gasteiger partial charge in [0.15, 0.2) is 0 Å². The molecular weight excluding hydrogens is 284 g/mol. The number of carbonyl (C=O) groups is 1. The number of furan rings is 1. The molecular formula is C16H24N2O4. The van der Waals surface area contributed by atoms with E-state index in [1.54, 1.807) is 6.26 Å². The molecule has 2 fully saturated rings. The van der Waals surface area contributed by atoms with Gasteiger partial charge in [0.1, 0.15) is 11.9 Å². The molecule has 122 valence electrons. The molecule has 2 saturated heterocycles. The highest BCUT2D eigenvalue weighted by Crippen LogP contribution is 2.17. The van der Waals surface area contributed by atoms with Crippen molar-refractivity contribution in [2.75, 3.05) is 46.0 Å². The molecule has 3 heterocycles. The van der Waals surface area contributed by atoms with Gasteiger partial charge in [0.05, 0.1) is 26.0 Å². The smallest absolute Gasteiger partial charge is 0.252 e. The molecule has 0 radical (unpaired) electrons. The number of ether oxygens (including phenoxy) is 2. The summed E-state index contributed by atoms with van der Waals surface area (Å²) in [6, 6.07) is 3.76. The van der Waals surface area contributed by atoms with Crippen molar-refractivity contribution in [3.63, 3.8) is 0 Å². The van der Waals surface area contributed by atoms with Gasteiger partial charge in [-0.05, 0) is 25.0 Å². The minimum absolute atomic E-state index is 0.0853. The summed E-state index contributed by atoms with van der Waals surface area (Å²) in [5.41, 5.74) is 0. The molecule has 0 aliphatic carbocycles. The predicted octanol–water partition coefficient (Wildman–Crippen LogP) is 1.12. The monoisotopic (exact) mass is 308 g/mol. The van der Waals surface area contributed by atoms with Crippen LogP contribution in [0.4, 0.5) is 0 Å². The molecule has 0 spiro atoms. The second-order valence-corrected chi connectivity index (χ2v) is 5.79. The van der Waals surface area contributed by atoms with Crippen LogP contribution in [-0.4, -0.2) is 67.8 Å². The third-order valence-electron chi connectivity index (χ3n) is 4.23. The minimum atomic E-state index is -0.278. The largest absolute Gasteiger partial charge is 0.467 e. The van der Waals surface area contributed by atoms with E-state index in [-0.39, 0.29) is 12.0 Å². The zero-order chi connectivity index (χ0) is 15.2. The van der Waals surface area contributed by atoms with Crippen molar-refractivity contribution in [2.45, 2.75) is 25.5 Å². The first-order chi connectivity index (χ1) is 10.8. The van der Waals surface area contributed by atoms with Gasteiger partial charge >= 0.3 is 0 Å². The third kappa shape index (κ3) is 4.09. The van der Waals surface area contributed by atoms with E-state index in [1.807, 2.05) is 17.0 Å². The third-order valence-corrected chi connectivity index (χ3v) is 4.23. The molecule has 1 aromatic rings. The second kappa shape index (κ2) is 7.76. The molecule has 6 heteroatoms. The molecule has 3 rings (SSSR count). The van der Waals surface area contributed by atoms with E-state index in [4.69, 9.17) is 13.9 Å². The van der Waals surface area contributed by atoms with E-state index in [9.17, 15) is 4.79 Å². The van der Waals surface area contributed by atoms with Gasteiger partial charge in [-0.3, -0.25) is 9.69 Å². The molecule has 22 heavy (non-hydrogen) atoms. The van der Waals surface area contributed by atoms with Crippen LogP contribution in [0.15, 0.2) is 22.8 Å². The SMILES string of the molecule is O=C(C1CCCO1)N(CCN1CCOCC1)Cc1ccco1.